The first kappa shape index (κ1) is 21.7. The van der Waals surface area contributed by atoms with Crippen LogP contribution < -0.4 is 20.3 Å². The number of anilines is 2. The topological polar surface area (TPSA) is 88.5 Å². The van der Waals surface area contributed by atoms with Crippen molar-refractivity contribution in [2.75, 3.05) is 23.9 Å². The van der Waals surface area contributed by atoms with Gasteiger partial charge in [-0.2, -0.15) is 5.10 Å². The van der Waals surface area contributed by atoms with Crippen LogP contribution in [0.4, 0.5) is 16.2 Å². The van der Waals surface area contributed by atoms with Crippen LogP contribution >= 0.6 is 11.6 Å². The maximum absolute atomic E-state index is 13.0. The molecule has 3 aromatic rings. The van der Waals surface area contributed by atoms with Gasteiger partial charge in [-0.05, 0) is 42.0 Å². The lowest BCUT2D eigenvalue weighted by molar-refractivity contribution is -0.120. The molecule has 2 N–H and O–H groups in total. The number of piperidine rings is 1. The zero-order chi connectivity index (χ0) is 22.7. The first-order valence-corrected chi connectivity index (χ1v) is 10.6. The van der Waals surface area contributed by atoms with Crippen LogP contribution in [0, 0.1) is 0 Å². The second kappa shape index (κ2) is 9.32. The van der Waals surface area contributed by atoms with Crippen LogP contribution in [0.25, 0.3) is 0 Å². The molecule has 166 valence electrons. The predicted octanol–water partition coefficient (Wildman–Crippen LogP) is 3.79. The summed E-state index contributed by atoms with van der Waals surface area (Å²) in [7, 11) is 3.42. The third-order valence-electron chi connectivity index (χ3n) is 5.53. The molecule has 0 spiro atoms. The van der Waals surface area contributed by atoms with Gasteiger partial charge in [0.1, 0.15) is 5.75 Å². The summed E-state index contributed by atoms with van der Waals surface area (Å²) in [6, 6.07) is 13.8. The van der Waals surface area contributed by atoms with E-state index >= 15 is 0 Å². The maximum Gasteiger partial charge on any atom is 0.319 e. The molecule has 0 bridgehead atoms. The van der Waals surface area contributed by atoms with Crippen molar-refractivity contribution in [3.8, 4) is 5.75 Å². The van der Waals surface area contributed by atoms with Crippen molar-refractivity contribution in [1.29, 1.82) is 0 Å². The van der Waals surface area contributed by atoms with E-state index in [1.54, 1.807) is 47.2 Å². The van der Waals surface area contributed by atoms with Crippen LogP contribution in [-0.2, 0) is 11.8 Å². The number of urea groups is 1. The van der Waals surface area contributed by atoms with Gasteiger partial charge in [-0.25, -0.2) is 4.79 Å². The van der Waals surface area contributed by atoms with E-state index in [1.807, 2.05) is 37.5 Å². The number of aryl methyl sites for hydroxylation is 1. The third kappa shape index (κ3) is 4.86. The van der Waals surface area contributed by atoms with Gasteiger partial charge in [0.25, 0.3) is 0 Å². The van der Waals surface area contributed by atoms with Gasteiger partial charge in [-0.15, -0.1) is 0 Å². The van der Waals surface area contributed by atoms with Gasteiger partial charge in [-0.3, -0.25) is 9.48 Å². The van der Waals surface area contributed by atoms with Gasteiger partial charge >= 0.3 is 6.03 Å². The van der Waals surface area contributed by atoms with Crippen molar-refractivity contribution in [3.05, 3.63) is 71.5 Å². The number of amides is 3. The summed E-state index contributed by atoms with van der Waals surface area (Å²) in [6.45, 7) is 0.419. The minimum absolute atomic E-state index is 0.0699. The Morgan fingerprint density at radius 2 is 1.88 bits per heavy atom. The molecule has 1 aliphatic rings. The van der Waals surface area contributed by atoms with Crippen LogP contribution in [0.15, 0.2) is 60.9 Å². The Labute approximate surface area is 191 Å². The van der Waals surface area contributed by atoms with Gasteiger partial charge in [0.05, 0.1) is 19.0 Å². The molecule has 2 aromatic carbocycles. The molecule has 4 rings (SSSR count). The van der Waals surface area contributed by atoms with Crippen LogP contribution in [0.1, 0.15) is 17.9 Å². The van der Waals surface area contributed by atoms with Gasteiger partial charge < -0.3 is 20.3 Å². The Balaban J connectivity index is 1.56. The highest BCUT2D eigenvalue weighted by molar-refractivity contribution is 6.30. The third-order valence-corrected chi connectivity index (χ3v) is 5.78. The molecule has 32 heavy (non-hydrogen) atoms. The molecule has 2 atom stereocenters. The van der Waals surface area contributed by atoms with E-state index in [2.05, 4.69) is 15.7 Å². The van der Waals surface area contributed by atoms with E-state index < -0.39 is 0 Å². The maximum atomic E-state index is 13.0. The molecule has 2 heterocycles. The highest BCUT2D eigenvalue weighted by atomic mass is 35.5. The second-order valence-corrected chi connectivity index (χ2v) is 8.11. The lowest BCUT2D eigenvalue weighted by atomic mass is 9.85. The fourth-order valence-electron chi connectivity index (χ4n) is 3.87. The number of carbonyl (C=O) groups excluding carboxylic acids is 2. The monoisotopic (exact) mass is 453 g/mol. The average Bonchev–Trinajstić information content (AvgIpc) is 3.21. The summed E-state index contributed by atoms with van der Waals surface area (Å²) in [5.41, 5.74) is 2.36. The zero-order valence-corrected chi connectivity index (χ0v) is 18.5. The minimum Gasteiger partial charge on any atom is -0.497 e. The van der Waals surface area contributed by atoms with Crippen molar-refractivity contribution in [2.24, 2.45) is 7.05 Å². The highest BCUT2D eigenvalue weighted by Crippen LogP contribution is 2.32. The number of hydrogen-bond donors (Lipinski definition) is 2. The molecule has 0 radical (unpaired) electrons. The summed E-state index contributed by atoms with van der Waals surface area (Å²) in [4.78, 5) is 27.4. The van der Waals surface area contributed by atoms with Crippen LogP contribution in [-0.4, -0.2) is 41.4 Å². The molecule has 1 unspecified atom stereocenters. The Kier molecular flexibility index (Phi) is 6.32. The SMILES string of the molecule is COc1ccc(C2CN(c3cnn(C)c3)C(=O)C[C@H]2NC(=O)Nc2ccc(Cl)cc2)cc1. The standard InChI is InChI=1S/C23H24ClN5O3/c1-28-13-18(12-25-28)29-14-20(15-3-9-19(32-2)10-4-15)21(11-22(29)30)27-23(31)26-17-7-5-16(24)6-8-17/h3-10,12-13,20-21H,11,14H2,1-2H3,(H2,26,27,31)/t20?,21-/m1/s1. The lowest BCUT2D eigenvalue weighted by Crippen LogP contribution is -2.53. The largest absolute Gasteiger partial charge is 0.497 e. The number of nitrogens with one attached hydrogen (secondary N) is 2. The summed E-state index contributed by atoms with van der Waals surface area (Å²) in [5, 5.41) is 10.6. The normalized spacial score (nSPS) is 18.3. The first-order valence-electron chi connectivity index (χ1n) is 10.2. The molecular formula is C23H24ClN5O3. The first-order chi connectivity index (χ1) is 15.4. The van der Waals surface area contributed by atoms with Crippen molar-refractivity contribution >= 4 is 34.9 Å². The summed E-state index contributed by atoms with van der Waals surface area (Å²) < 4.78 is 6.93. The molecule has 3 amide bonds. The fourth-order valence-corrected chi connectivity index (χ4v) is 4.00. The molecule has 1 fully saturated rings. The molecule has 8 nitrogen and oxygen atoms in total. The van der Waals surface area contributed by atoms with Crippen molar-refractivity contribution < 1.29 is 14.3 Å². The summed E-state index contributed by atoms with van der Waals surface area (Å²) in [6.07, 6.45) is 3.65. The Morgan fingerprint density at radius 1 is 1.16 bits per heavy atom. The number of benzene rings is 2. The van der Waals surface area contributed by atoms with Crippen LogP contribution in [0.3, 0.4) is 0 Å². The number of nitrogens with zero attached hydrogens (tertiary/aromatic N) is 3. The molecule has 0 saturated carbocycles. The number of carbonyl (C=O) groups is 2. The summed E-state index contributed by atoms with van der Waals surface area (Å²) >= 11 is 5.91. The van der Waals surface area contributed by atoms with Crippen molar-refractivity contribution in [2.45, 2.75) is 18.4 Å². The van der Waals surface area contributed by atoms with E-state index in [4.69, 9.17) is 16.3 Å². The van der Waals surface area contributed by atoms with Gasteiger partial charge in [-0.1, -0.05) is 23.7 Å². The molecular weight excluding hydrogens is 430 g/mol. The number of rotatable bonds is 5. The van der Waals surface area contributed by atoms with E-state index in [1.165, 1.54) is 0 Å². The van der Waals surface area contributed by atoms with E-state index in [-0.39, 0.29) is 30.3 Å². The Morgan fingerprint density at radius 3 is 2.50 bits per heavy atom. The molecule has 1 aliphatic heterocycles. The summed E-state index contributed by atoms with van der Waals surface area (Å²) in [5.74, 6) is 0.559. The quantitative estimate of drug-likeness (QED) is 0.615. The molecule has 0 aliphatic carbocycles. The smallest absolute Gasteiger partial charge is 0.319 e. The lowest BCUT2D eigenvalue weighted by Gasteiger charge is -2.38. The van der Waals surface area contributed by atoms with Crippen molar-refractivity contribution in [1.82, 2.24) is 15.1 Å². The predicted molar refractivity (Wildman–Crippen MR) is 123 cm³/mol. The Bertz CT molecular complexity index is 1100. The number of methoxy groups -OCH3 is 1. The number of ether oxygens (including phenoxy) is 1. The number of aromatic nitrogens is 2. The van der Waals surface area contributed by atoms with Gasteiger partial charge in [0, 0.05) is 48.9 Å². The molecule has 9 heteroatoms. The second-order valence-electron chi connectivity index (χ2n) is 7.67. The fraction of sp³-hybridized carbons (Fsp3) is 0.261. The van der Waals surface area contributed by atoms with E-state index in [0.29, 0.717) is 17.3 Å². The van der Waals surface area contributed by atoms with Crippen LogP contribution in [0.5, 0.6) is 5.75 Å². The van der Waals surface area contributed by atoms with E-state index in [9.17, 15) is 9.59 Å². The number of hydrogen-bond acceptors (Lipinski definition) is 4. The molecule has 1 saturated heterocycles. The molecule has 1 aromatic heterocycles. The van der Waals surface area contributed by atoms with Crippen LogP contribution in [0.2, 0.25) is 5.02 Å². The Hall–Kier alpha value is -3.52. The van der Waals surface area contributed by atoms with E-state index in [0.717, 1.165) is 17.0 Å². The highest BCUT2D eigenvalue weighted by Gasteiger charge is 2.37. The van der Waals surface area contributed by atoms with Crippen molar-refractivity contribution in [3.63, 3.8) is 0 Å². The van der Waals surface area contributed by atoms with Gasteiger partial charge in [0.15, 0.2) is 0 Å². The minimum atomic E-state index is -0.379. The number of halogens is 1. The van der Waals surface area contributed by atoms with Gasteiger partial charge in [0.2, 0.25) is 5.91 Å². The average molecular weight is 454 g/mol. The zero-order valence-electron chi connectivity index (χ0n) is 17.8.